The summed E-state index contributed by atoms with van der Waals surface area (Å²) in [4.78, 5) is 13.6. The fraction of sp³-hybridized carbons (Fsp3) is 0.381. The number of nitrogens with zero attached hydrogens (tertiary/aromatic N) is 4. The van der Waals surface area contributed by atoms with Gasteiger partial charge in [0.2, 0.25) is 0 Å². The molecule has 0 amide bonds. The molecule has 3 heterocycles. The fourth-order valence-electron chi connectivity index (χ4n) is 3.63. The van der Waals surface area contributed by atoms with Gasteiger partial charge in [0, 0.05) is 47.9 Å². The number of rotatable bonds is 4. The third kappa shape index (κ3) is 3.34. The number of aryl methyl sites for hydroxylation is 4. The minimum Gasteiger partial charge on any atom is -0.378 e. The van der Waals surface area contributed by atoms with Crippen LogP contribution in [0.1, 0.15) is 48.7 Å². The summed E-state index contributed by atoms with van der Waals surface area (Å²) in [5.74, 6) is 2.03. The Bertz CT molecular complexity index is 887. The van der Waals surface area contributed by atoms with Gasteiger partial charge in [0.25, 0.3) is 0 Å². The second-order valence-corrected chi connectivity index (χ2v) is 7.09. The maximum Gasteiger partial charge on any atom is 0.125 e. The molecule has 0 bridgehead atoms. The van der Waals surface area contributed by atoms with Crippen LogP contribution in [-0.4, -0.2) is 19.5 Å². The molecule has 26 heavy (non-hydrogen) atoms. The van der Waals surface area contributed by atoms with E-state index in [1.54, 1.807) is 0 Å². The highest BCUT2D eigenvalue weighted by atomic mass is 15.1. The molecule has 1 atom stereocenters. The fourth-order valence-corrected chi connectivity index (χ4v) is 3.63. The smallest absolute Gasteiger partial charge is 0.125 e. The zero-order valence-electron chi connectivity index (χ0n) is 15.7. The van der Waals surface area contributed by atoms with Gasteiger partial charge in [-0.3, -0.25) is 0 Å². The van der Waals surface area contributed by atoms with Crippen LogP contribution in [0, 0.1) is 13.8 Å². The van der Waals surface area contributed by atoms with Crippen LogP contribution < -0.4 is 5.32 Å². The van der Waals surface area contributed by atoms with Gasteiger partial charge in [0.1, 0.15) is 11.6 Å². The van der Waals surface area contributed by atoms with Crippen molar-refractivity contribution in [2.24, 2.45) is 0 Å². The molecule has 134 valence electrons. The first kappa shape index (κ1) is 16.8. The summed E-state index contributed by atoms with van der Waals surface area (Å²) >= 11 is 0. The Labute approximate surface area is 154 Å². The van der Waals surface area contributed by atoms with Crippen LogP contribution in [-0.2, 0) is 13.0 Å². The molecule has 4 rings (SSSR count). The summed E-state index contributed by atoms with van der Waals surface area (Å²) in [6.45, 7) is 7.18. The van der Waals surface area contributed by atoms with Crippen LogP contribution in [0.3, 0.4) is 0 Å². The van der Waals surface area contributed by atoms with Gasteiger partial charge in [0.15, 0.2) is 0 Å². The van der Waals surface area contributed by atoms with E-state index in [9.17, 15) is 0 Å². The molecule has 2 aromatic heterocycles. The molecule has 5 heteroatoms. The Kier molecular flexibility index (Phi) is 4.45. The molecular weight excluding hydrogens is 322 g/mol. The number of benzene rings is 1. The number of imidazole rings is 1. The van der Waals surface area contributed by atoms with E-state index < -0.39 is 0 Å². The molecule has 0 fully saturated rings. The predicted octanol–water partition coefficient (Wildman–Crippen LogP) is 4.47. The second-order valence-electron chi connectivity index (χ2n) is 7.09. The third-order valence-corrected chi connectivity index (χ3v) is 5.08. The van der Waals surface area contributed by atoms with E-state index in [-0.39, 0.29) is 6.04 Å². The molecule has 0 aliphatic carbocycles. The Morgan fingerprint density at radius 1 is 1.08 bits per heavy atom. The summed E-state index contributed by atoms with van der Waals surface area (Å²) in [7, 11) is 0. The van der Waals surface area contributed by atoms with Crippen molar-refractivity contribution in [3.05, 3.63) is 59.6 Å². The largest absolute Gasteiger partial charge is 0.378 e. The Morgan fingerprint density at radius 3 is 2.62 bits per heavy atom. The van der Waals surface area contributed by atoms with Gasteiger partial charge in [-0.25, -0.2) is 15.0 Å². The van der Waals surface area contributed by atoms with Crippen LogP contribution in [0.4, 0.5) is 5.69 Å². The Morgan fingerprint density at radius 2 is 1.88 bits per heavy atom. The van der Waals surface area contributed by atoms with E-state index in [4.69, 9.17) is 4.98 Å². The van der Waals surface area contributed by atoms with Crippen LogP contribution in [0.2, 0.25) is 0 Å². The van der Waals surface area contributed by atoms with Crippen LogP contribution in [0.15, 0.2) is 36.7 Å². The summed E-state index contributed by atoms with van der Waals surface area (Å²) in [5.41, 5.74) is 5.48. The minimum atomic E-state index is 0.154. The van der Waals surface area contributed by atoms with Gasteiger partial charge in [-0.1, -0.05) is 12.1 Å². The van der Waals surface area contributed by atoms with Crippen molar-refractivity contribution >= 4 is 5.69 Å². The van der Waals surface area contributed by atoms with Gasteiger partial charge >= 0.3 is 0 Å². The van der Waals surface area contributed by atoms with E-state index >= 15 is 0 Å². The van der Waals surface area contributed by atoms with Gasteiger partial charge in [-0.05, 0) is 45.7 Å². The lowest BCUT2D eigenvalue weighted by molar-refractivity contribution is 0.522. The molecule has 1 aromatic carbocycles. The van der Waals surface area contributed by atoms with E-state index in [0.717, 1.165) is 41.4 Å². The van der Waals surface area contributed by atoms with E-state index in [2.05, 4.69) is 57.2 Å². The van der Waals surface area contributed by atoms with E-state index in [0.29, 0.717) is 0 Å². The first-order valence-corrected chi connectivity index (χ1v) is 9.33. The molecule has 0 saturated heterocycles. The van der Waals surface area contributed by atoms with Crippen LogP contribution in [0.5, 0.6) is 0 Å². The second kappa shape index (κ2) is 6.90. The zero-order chi connectivity index (χ0) is 18.1. The minimum absolute atomic E-state index is 0.154. The SMILES string of the molecule is Cc1ncc(C(C)Nc2ccc(-c3cn4c(n3)CCCC4)cc2)c(C)n1. The van der Waals surface area contributed by atoms with Crippen molar-refractivity contribution in [1.82, 2.24) is 19.5 Å². The molecule has 5 nitrogen and oxygen atoms in total. The van der Waals surface area contributed by atoms with Crippen LogP contribution >= 0.6 is 0 Å². The standard InChI is InChI=1S/C21H25N5/c1-14-19(12-22-16(3)23-14)15(2)24-18-9-7-17(8-10-18)20-13-26-11-5-4-6-21(26)25-20/h7-10,12-13,15,24H,4-6,11H2,1-3H3. The molecule has 1 unspecified atom stereocenters. The summed E-state index contributed by atoms with van der Waals surface area (Å²) in [6, 6.07) is 8.67. The third-order valence-electron chi connectivity index (χ3n) is 5.08. The predicted molar refractivity (Wildman–Crippen MR) is 104 cm³/mol. The van der Waals surface area contributed by atoms with Gasteiger partial charge in [0.05, 0.1) is 11.7 Å². The highest BCUT2D eigenvalue weighted by Gasteiger charge is 2.14. The van der Waals surface area contributed by atoms with Crippen molar-refractivity contribution in [2.75, 3.05) is 5.32 Å². The topological polar surface area (TPSA) is 55.6 Å². The van der Waals surface area contributed by atoms with Gasteiger partial charge in [-0.15, -0.1) is 0 Å². The lowest BCUT2D eigenvalue weighted by Gasteiger charge is -2.17. The summed E-state index contributed by atoms with van der Waals surface area (Å²) < 4.78 is 2.30. The van der Waals surface area contributed by atoms with Crippen molar-refractivity contribution in [3.63, 3.8) is 0 Å². The average Bonchev–Trinajstić information content (AvgIpc) is 3.06. The molecular formula is C21H25N5. The quantitative estimate of drug-likeness (QED) is 0.757. The van der Waals surface area contributed by atoms with Crippen molar-refractivity contribution in [1.29, 1.82) is 0 Å². The number of hydrogen-bond acceptors (Lipinski definition) is 4. The van der Waals surface area contributed by atoms with Crippen molar-refractivity contribution in [2.45, 2.75) is 52.6 Å². The molecule has 3 aromatic rings. The van der Waals surface area contributed by atoms with Gasteiger partial charge in [-0.2, -0.15) is 0 Å². The first-order chi connectivity index (χ1) is 12.6. The number of fused-ring (bicyclic) bond motifs is 1. The highest BCUT2D eigenvalue weighted by molar-refractivity contribution is 5.62. The first-order valence-electron chi connectivity index (χ1n) is 9.33. The molecule has 0 spiro atoms. The number of anilines is 1. The monoisotopic (exact) mass is 347 g/mol. The summed E-state index contributed by atoms with van der Waals surface area (Å²) in [6.07, 6.45) is 7.70. The van der Waals surface area contributed by atoms with Crippen molar-refractivity contribution in [3.8, 4) is 11.3 Å². The lowest BCUT2D eigenvalue weighted by Crippen LogP contribution is -2.10. The number of hydrogen-bond donors (Lipinski definition) is 1. The normalized spacial score (nSPS) is 14.7. The van der Waals surface area contributed by atoms with E-state index in [1.807, 2.05) is 20.0 Å². The highest BCUT2D eigenvalue weighted by Crippen LogP contribution is 2.26. The molecule has 0 saturated carbocycles. The van der Waals surface area contributed by atoms with Crippen molar-refractivity contribution < 1.29 is 0 Å². The molecule has 1 aliphatic heterocycles. The molecule has 1 N–H and O–H groups in total. The number of aromatic nitrogens is 4. The molecule has 0 radical (unpaired) electrons. The number of nitrogens with one attached hydrogen (secondary N) is 1. The maximum absolute atomic E-state index is 4.81. The van der Waals surface area contributed by atoms with Crippen LogP contribution in [0.25, 0.3) is 11.3 Å². The zero-order valence-corrected chi connectivity index (χ0v) is 15.7. The maximum atomic E-state index is 4.81. The van der Waals surface area contributed by atoms with Gasteiger partial charge < -0.3 is 9.88 Å². The average molecular weight is 347 g/mol. The Hall–Kier alpha value is -2.69. The van der Waals surface area contributed by atoms with E-state index in [1.165, 1.54) is 24.2 Å². The molecule has 1 aliphatic rings. The Balaban J connectivity index is 1.50. The summed E-state index contributed by atoms with van der Waals surface area (Å²) in [5, 5.41) is 3.54. The lowest BCUT2D eigenvalue weighted by atomic mass is 10.1.